The molecule has 2 heterocycles. The minimum Gasteiger partial charge on any atom is -0.339 e. The van der Waals surface area contributed by atoms with E-state index in [1.165, 1.54) is 16.6 Å². The van der Waals surface area contributed by atoms with Crippen molar-refractivity contribution < 1.29 is 8.42 Å². The van der Waals surface area contributed by atoms with E-state index in [4.69, 9.17) is 0 Å². The molecule has 2 aromatic heterocycles. The van der Waals surface area contributed by atoms with Gasteiger partial charge in [0.2, 0.25) is 14.9 Å². The Morgan fingerprint density at radius 3 is 2.47 bits per heavy atom. The van der Waals surface area contributed by atoms with Gasteiger partial charge in [-0.2, -0.15) is 4.52 Å². The number of benzene rings is 3. The molecule has 0 aliphatic rings. The van der Waals surface area contributed by atoms with Crippen LogP contribution in [0.25, 0.3) is 16.6 Å². The first-order chi connectivity index (χ1) is 15.3. The van der Waals surface area contributed by atoms with E-state index in [-0.39, 0.29) is 15.6 Å². The molecule has 7 nitrogen and oxygen atoms in total. The summed E-state index contributed by atoms with van der Waals surface area (Å²) >= 11 is 3.33. The van der Waals surface area contributed by atoms with Crippen molar-refractivity contribution in [2.75, 3.05) is 5.32 Å². The number of nitrogens with one attached hydrogen (secondary N) is 1. The molecule has 0 aliphatic carbocycles. The summed E-state index contributed by atoms with van der Waals surface area (Å²) in [4.78, 5) is 4.80. The molecule has 160 valence electrons. The number of anilines is 2. The summed E-state index contributed by atoms with van der Waals surface area (Å²) in [5, 5.41) is 12.1. The van der Waals surface area contributed by atoms with Crippen molar-refractivity contribution in [3.05, 3.63) is 82.3 Å². The van der Waals surface area contributed by atoms with Crippen LogP contribution >= 0.6 is 15.9 Å². The smallest absolute Gasteiger partial charge is 0.229 e. The van der Waals surface area contributed by atoms with Gasteiger partial charge in [0, 0.05) is 15.5 Å². The number of aryl methyl sites for hydroxylation is 2. The Morgan fingerprint density at radius 1 is 0.969 bits per heavy atom. The SMILES string of the molecule is Cc1ccc(Nc2nc3c(S(=O)(=O)c4ccc(Br)cc4)nnn3c3ccccc23)c(C)c1. The van der Waals surface area contributed by atoms with Crippen LogP contribution in [0.1, 0.15) is 11.1 Å². The molecule has 0 amide bonds. The lowest BCUT2D eigenvalue weighted by Gasteiger charge is -2.13. The van der Waals surface area contributed by atoms with Gasteiger partial charge in [-0.05, 0) is 61.9 Å². The van der Waals surface area contributed by atoms with Crippen LogP contribution in [-0.4, -0.2) is 28.2 Å². The molecule has 5 rings (SSSR count). The maximum atomic E-state index is 13.3. The van der Waals surface area contributed by atoms with Gasteiger partial charge in [0.25, 0.3) is 0 Å². The monoisotopic (exact) mass is 507 g/mol. The first kappa shape index (κ1) is 20.6. The normalized spacial score (nSPS) is 11.8. The Morgan fingerprint density at radius 2 is 1.72 bits per heavy atom. The summed E-state index contributed by atoms with van der Waals surface area (Å²) in [7, 11) is -3.92. The summed E-state index contributed by atoms with van der Waals surface area (Å²) in [6, 6.07) is 20.0. The maximum absolute atomic E-state index is 13.3. The number of hydrogen-bond donors (Lipinski definition) is 1. The van der Waals surface area contributed by atoms with Gasteiger partial charge in [-0.1, -0.05) is 51.0 Å². The zero-order chi connectivity index (χ0) is 22.5. The number of fused-ring (bicyclic) bond motifs is 3. The number of hydrogen-bond acceptors (Lipinski definition) is 6. The lowest BCUT2D eigenvalue weighted by molar-refractivity contribution is 0.592. The van der Waals surface area contributed by atoms with Gasteiger partial charge < -0.3 is 5.32 Å². The lowest BCUT2D eigenvalue weighted by atomic mass is 10.1. The molecule has 0 saturated heterocycles. The molecular formula is C23H18BrN5O2S. The van der Waals surface area contributed by atoms with Crippen LogP contribution in [0.4, 0.5) is 11.5 Å². The first-order valence-electron chi connectivity index (χ1n) is 9.84. The van der Waals surface area contributed by atoms with E-state index in [1.807, 2.05) is 50.2 Å². The molecule has 0 unspecified atom stereocenters. The van der Waals surface area contributed by atoms with Gasteiger partial charge in [0.05, 0.1) is 10.4 Å². The van der Waals surface area contributed by atoms with Gasteiger partial charge in [-0.3, -0.25) is 0 Å². The molecule has 0 atom stereocenters. The van der Waals surface area contributed by atoms with E-state index < -0.39 is 9.84 Å². The second kappa shape index (κ2) is 7.68. The fourth-order valence-corrected chi connectivity index (χ4v) is 5.12. The number of rotatable bonds is 4. The van der Waals surface area contributed by atoms with Gasteiger partial charge >= 0.3 is 0 Å². The summed E-state index contributed by atoms with van der Waals surface area (Å²) in [5.41, 5.74) is 3.98. The van der Waals surface area contributed by atoms with E-state index in [0.717, 1.165) is 26.7 Å². The predicted molar refractivity (Wildman–Crippen MR) is 127 cm³/mol. The van der Waals surface area contributed by atoms with Gasteiger partial charge in [-0.15, -0.1) is 5.10 Å². The number of sulfone groups is 1. The second-order valence-corrected chi connectivity index (χ2v) is 10.3. The zero-order valence-electron chi connectivity index (χ0n) is 17.2. The molecule has 0 saturated carbocycles. The quantitative estimate of drug-likeness (QED) is 0.358. The summed E-state index contributed by atoms with van der Waals surface area (Å²) < 4.78 is 28.9. The molecule has 0 radical (unpaired) electrons. The van der Waals surface area contributed by atoms with Crippen LogP contribution in [0.2, 0.25) is 0 Å². The minimum absolute atomic E-state index is 0.127. The summed E-state index contributed by atoms with van der Waals surface area (Å²) in [5.74, 6) is 0.537. The first-order valence-corrected chi connectivity index (χ1v) is 12.1. The van der Waals surface area contributed by atoms with Crippen LogP contribution in [0.5, 0.6) is 0 Å². The van der Waals surface area contributed by atoms with Gasteiger partial charge in [-0.25, -0.2) is 13.4 Å². The van der Waals surface area contributed by atoms with E-state index in [9.17, 15) is 8.42 Å². The lowest BCUT2D eigenvalue weighted by Crippen LogP contribution is -2.06. The topological polar surface area (TPSA) is 89.2 Å². The molecule has 0 bridgehead atoms. The molecule has 3 aromatic carbocycles. The highest BCUT2D eigenvalue weighted by atomic mass is 79.9. The zero-order valence-corrected chi connectivity index (χ0v) is 19.6. The van der Waals surface area contributed by atoms with E-state index in [2.05, 4.69) is 42.6 Å². The van der Waals surface area contributed by atoms with Crippen molar-refractivity contribution in [2.45, 2.75) is 23.8 Å². The third-order valence-electron chi connectivity index (χ3n) is 5.24. The standard InChI is InChI=1S/C23H18BrN5O2S/c1-14-7-12-19(15(2)13-14)25-21-18-5-3-4-6-20(18)29-22(26-21)23(27-28-29)32(30,31)17-10-8-16(24)9-11-17/h3-13H,1-2H3,(H,25,26). The highest BCUT2D eigenvalue weighted by Crippen LogP contribution is 2.30. The van der Waals surface area contributed by atoms with Crippen LogP contribution in [-0.2, 0) is 9.84 Å². The fourth-order valence-electron chi connectivity index (χ4n) is 3.62. The molecule has 0 fully saturated rings. The highest BCUT2D eigenvalue weighted by molar-refractivity contribution is 9.10. The van der Waals surface area contributed by atoms with E-state index in [0.29, 0.717) is 11.3 Å². The molecule has 5 aromatic rings. The Kier molecular flexibility index (Phi) is 4.94. The van der Waals surface area contributed by atoms with E-state index >= 15 is 0 Å². The molecule has 9 heteroatoms. The van der Waals surface area contributed by atoms with Crippen LogP contribution < -0.4 is 5.32 Å². The Balaban J connectivity index is 1.74. The number of halogens is 1. The van der Waals surface area contributed by atoms with Crippen molar-refractivity contribution in [1.29, 1.82) is 0 Å². The molecule has 0 spiro atoms. The molecule has 0 aliphatic heterocycles. The van der Waals surface area contributed by atoms with Gasteiger partial charge in [0.15, 0.2) is 5.65 Å². The van der Waals surface area contributed by atoms with Crippen LogP contribution in [0.3, 0.4) is 0 Å². The van der Waals surface area contributed by atoms with Crippen molar-refractivity contribution in [2.24, 2.45) is 0 Å². The third kappa shape index (κ3) is 3.43. The van der Waals surface area contributed by atoms with Crippen LogP contribution in [0.15, 0.2) is 81.1 Å². The molecule has 1 N–H and O–H groups in total. The van der Waals surface area contributed by atoms with Crippen molar-refractivity contribution in [3.8, 4) is 0 Å². The van der Waals surface area contributed by atoms with Crippen LogP contribution in [0, 0.1) is 13.8 Å². The van der Waals surface area contributed by atoms with Crippen molar-refractivity contribution >= 4 is 53.8 Å². The average molecular weight is 508 g/mol. The van der Waals surface area contributed by atoms with Crippen molar-refractivity contribution in [3.63, 3.8) is 0 Å². The van der Waals surface area contributed by atoms with E-state index in [1.54, 1.807) is 12.1 Å². The number of para-hydroxylation sites is 1. The largest absolute Gasteiger partial charge is 0.339 e. The van der Waals surface area contributed by atoms with Crippen molar-refractivity contribution in [1.82, 2.24) is 19.8 Å². The minimum atomic E-state index is -3.92. The molecule has 32 heavy (non-hydrogen) atoms. The highest BCUT2D eigenvalue weighted by Gasteiger charge is 2.27. The second-order valence-electron chi connectivity index (χ2n) is 7.51. The fraction of sp³-hybridized carbons (Fsp3) is 0.0870. The summed E-state index contributed by atoms with van der Waals surface area (Å²) in [6.45, 7) is 4.05. The Bertz CT molecular complexity index is 1590. The maximum Gasteiger partial charge on any atom is 0.229 e. The molecular weight excluding hydrogens is 490 g/mol. The Labute approximate surface area is 193 Å². The Hall–Kier alpha value is -3.30. The third-order valence-corrected chi connectivity index (χ3v) is 7.43. The predicted octanol–water partition coefficient (Wildman–Crippen LogP) is 5.23. The average Bonchev–Trinajstić information content (AvgIpc) is 3.21. The summed E-state index contributed by atoms with van der Waals surface area (Å²) in [6.07, 6.45) is 0. The number of nitrogens with zero attached hydrogens (tertiary/aromatic N) is 4. The van der Waals surface area contributed by atoms with Gasteiger partial charge in [0.1, 0.15) is 5.82 Å². The number of aromatic nitrogens is 4.